The summed E-state index contributed by atoms with van der Waals surface area (Å²) in [6.45, 7) is 0. The number of rotatable bonds is 3. The highest BCUT2D eigenvalue weighted by Crippen LogP contribution is 2.22. The molecule has 9 heteroatoms. The maximum atomic E-state index is 11.8. The van der Waals surface area contributed by atoms with Crippen LogP contribution >= 0.6 is 23.2 Å². The molecule has 4 N–H and O–H groups in total. The van der Waals surface area contributed by atoms with Gasteiger partial charge in [-0.05, 0) is 42.5 Å². The van der Waals surface area contributed by atoms with Gasteiger partial charge in [0, 0.05) is 21.4 Å². The quantitative estimate of drug-likeness (QED) is 0.783. The minimum absolute atomic E-state index is 0.0416. The number of carbonyl (C=O) groups is 1. The van der Waals surface area contributed by atoms with E-state index in [4.69, 9.17) is 28.3 Å². The Labute approximate surface area is 137 Å². The second-order valence-corrected chi connectivity index (χ2v) is 6.74. The third-order valence-corrected chi connectivity index (χ3v) is 3.93. The van der Waals surface area contributed by atoms with E-state index in [1.807, 2.05) is 0 Å². The highest BCUT2D eigenvalue weighted by atomic mass is 35.5. The summed E-state index contributed by atoms with van der Waals surface area (Å²) >= 11 is 11.7. The molecule has 0 aliphatic heterocycles. The van der Waals surface area contributed by atoms with E-state index in [1.165, 1.54) is 42.5 Å². The third kappa shape index (κ3) is 4.60. The van der Waals surface area contributed by atoms with E-state index in [0.29, 0.717) is 21.4 Å². The third-order valence-electron chi connectivity index (χ3n) is 2.56. The van der Waals surface area contributed by atoms with Crippen LogP contribution in [0.1, 0.15) is 0 Å². The first-order valence-electron chi connectivity index (χ1n) is 5.91. The van der Waals surface area contributed by atoms with E-state index in [9.17, 15) is 13.2 Å². The predicted octanol–water partition coefficient (Wildman–Crippen LogP) is 3.28. The summed E-state index contributed by atoms with van der Waals surface area (Å²) < 4.78 is 22.2. The van der Waals surface area contributed by atoms with E-state index < -0.39 is 16.1 Å². The fraction of sp³-hybridized carbons (Fsp3) is 0. The number of hydrogen-bond acceptors (Lipinski definition) is 3. The first-order chi connectivity index (χ1) is 10.2. The van der Waals surface area contributed by atoms with E-state index in [0.717, 1.165) is 0 Å². The van der Waals surface area contributed by atoms with Crippen LogP contribution in [0.15, 0.2) is 47.4 Å². The van der Waals surface area contributed by atoms with Crippen molar-refractivity contribution in [1.29, 1.82) is 0 Å². The van der Waals surface area contributed by atoms with Crippen molar-refractivity contribution in [2.24, 2.45) is 5.14 Å². The number of urea groups is 1. The molecule has 0 saturated heterocycles. The summed E-state index contributed by atoms with van der Waals surface area (Å²) in [5.74, 6) is 0. The summed E-state index contributed by atoms with van der Waals surface area (Å²) in [5, 5.41) is 10.9. The summed E-state index contributed by atoms with van der Waals surface area (Å²) in [4.78, 5) is 11.8. The van der Waals surface area contributed by atoms with Crippen LogP contribution in [0.25, 0.3) is 0 Å². The number of sulfonamides is 1. The Morgan fingerprint density at radius 1 is 0.909 bits per heavy atom. The van der Waals surface area contributed by atoms with Gasteiger partial charge in [0.05, 0.1) is 4.90 Å². The summed E-state index contributed by atoms with van der Waals surface area (Å²) in [6.07, 6.45) is 0. The van der Waals surface area contributed by atoms with Gasteiger partial charge in [-0.2, -0.15) is 0 Å². The van der Waals surface area contributed by atoms with E-state index >= 15 is 0 Å². The van der Waals surface area contributed by atoms with Gasteiger partial charge < -0.3 is 10.6 Å². The minimum atomic E-state index is -3.76. The van der Waals surface area contributed by atoms with Crippen LogP contribution in [0.2, 0.25) is 10.0 Å². The molecule has 0 saturated carbocycles. The molecule has 22 heavy (non-hydrogen) atoms. The molecule has 2 aromatic rings. The fourth-order valence-electron chi connectivity index (χ4n) is 1.65. The number of benzene rings is 2. The molecule has 2 amide bonds. The predicted molar refractivity (Wildman–Crippen MR) is 86.9 cm³/mol. The summed E-state index contributed by atoms with van der Waals surface area (Å²) in [7, 11) is -3.76. The van der Waals surface area contributed by atoms with Crippen molar-refractivity contribution in [3.8, 4) is 0 Å². The van der Waals surface area contributed by atoms with Crippen molar-refractivity contribution in [3.63, 3.8) is 0 Å². The molecule has 0 fully saturated rings. The normalized spacial score (nSPS) is 11.0. The standard InChI is InChI=1S/C13H11Cl2N3O3S/c14-8-5-9(15)7-11(6-8)18-13(19)17-10-1-3-12(4-2-10)22(16,20)21/h1-7H,(H2,16,20,21)(H2,17,18,19). The number of anilines is 2. The maximum Gasteiger partial charge on any atom is 0.323 e. The molecular weight excluding hydrogens is 349 g/mol. The van der Waals surface area contributed by atoms with Crippen molar-refractivity contribution in [2.75, 3.05) is 10.6 Å². The Morgan fingerprint density at radius 2 is 1.41 bits per heavy atom. The molecule has 116 valence electrons. The second kappa shape index (κ2) is 6.53. The zero-order valence-corrected chi connectivity index (χ0v) is 13.3. The molecular formula is C13H11Cl2N3O3S. The minimum Gasteiger partial charge on any atom is -0.308 e. The number of carbonyl (C=O) groups excluding carboxylic acids is 1. The molecule has 2 rings (SSSR count). The first-order valence-corrected chi connectivity index (χ1v) is 8.21. The topological polar surface area (TPSA) is 101 Å². The Kier molecular flexibility index (Phi) is 4.92. The van der Waals surface area contributed by atoms with Gasteiger partial charge in [-0.1, -0.05) is 23.2 Å². The average molecular weight is 360 g/mol. The van der Waals surface area contributed by atoms with Gasteiger partial charge in [-0.3, -0.25) is 0 Å². The molecule has 0 aromatic heterocycles. The molecule has 0 aliphatic rings. The number of hydrogen-bond donors (Lipinski definition) is 3. The van der Waals surface area contributed by atoms with Crippen molar-refractivity contribution < 1.29 is 13.2 Å². The number of primary sulfonamides is 1. The zero-order valence-electron chi connectivity index (χ0n) is 11.0. The number of nitrogens with one attached hydrogen (secondary N) is 2. The van der Waals surface area contributed by atoms with Crippen molar-refractivity contribution in [2.45, 2.75) is 4.90 Å². The van der Waals surface area contributed by atoms with Crippen LogP contribution in [0.3, 0.4) is 0 Å². The molecule has 2 aromatic carbocycles. The van der Waals surface area contributed by atoms with Gasteiger partial charge in [0.1, 0.15) is 0 Å². The number of amides is 2. The maximum absolute atomic E-state index is 11.8. The lowest BCUT2D eigenvalue weighted by Crippen LogP contribution is -2.19. The molecule has 6 nitrogen and oxygen atoms in total. The molecule has 0 heterocycles. The van der Waals surface area contributed by atoms with Crippen LogP contribution in [-0.2, 0) is 10.0 Å². The molecule has 0 unspecified atom stereocenters. The lowest BCUT2D eigenvalue weighted by atomic mass is 10.3. The van der Waals surface area contributed by atoms with Crippen LogP contribution in [0.5, 0.6) is 0 Å². The smallest absolute Gasteiger partial charge is 0.308 e. The largest absolute Gasteiger partial charge is 0.323 e. The SMILES string of the molecule is NS(=O)(=O)c1ccc(NC(=O)Nc2cc(Cl)cc(Cl)c2)cc1. The highest BCUT2D eigenvalue weighted by molar-refractivity contribution is 7.89. The molecule has 0 radical (unpaired) electrons. The number of halogens is 2. The Morgan fingerprint density at radius 3 is 1.91 bits per heavy atom. The summed E-state index contributed by atoms with van der Waals surface area (Å²) in [6, 6.07) is 9.52. The molecule has 0 bridgehead atoms. The van der Waals surface area contributed by atoms with E-state index in [2.05, 4.69) is 10.6 Å². The Bertz CT molecular complexity index is 788. The molecule has 0 atom stereocenters. The van der Waals surface area contributed by atoms with Gasteiger partial charge in [0.25, 0.3) is 0 Å². The second-order valence-electron chi connectivity index (χ2n) is 4.31. The monoisotopic (exact) mass is 359 g/mol. The van der Waals surface area contributed by atoms with Crippen molar-refractivity contribution in [1.82, 2.24) is 0 Å². The number of nitrogens with two attached hydrogens (primary N) is 1. The van der Waals surface area contributed by atoms with Crippen LogP contribution in [0, 0.1) is 0 Å². The zero-order chi connectivity index (χ0) is 16.3. The van der Waals surface area contributed by atoms with Gasteiger partial charge in [-0.25, -0.2) is 18.4 Å². The van der Waals surface area contributed by atoms with E-state index in [1.54, 1.807) is 0 Å². The Balaban J connectivity index is 2.06. The van der Waals surface area contributed by atoms with Gasteiger partial charge in [-0.15, -0.1) is 0 Å². The Hall–Kier alpha value is -1.80. The molecule has 0 spiro atoms. The van der Waals surface area contributed by atoms with Gasteiger partial charge in [0.2, 0.25) is 10.0 Å². The summed E-state index contributed by atoms with van der Waals surface area (Å²) in [5.41, 5.74) is 0.828. The van der Waals surface area contributed by atoms with Crippen molar-refractivity contribution in [3.05, 3.63) is 52.5 Å². The van der Waals surface area contributed by atoms with Crippen LogP contribution in [-0.4, -0.2) is 14.4 Å². The lowest BCUT2D eigenvalue weighted by molar-refractivity contribution is 0.262. The van der Waals surface area contributed by atoms with Gasteiger partial charge >= 0.3 is 6.03 Å². The average Bonchev–Trinajstić information content (AvgIpc) is 2.36. The lowest BCUT2D eigenvalue weighted by Gasteiger charge is -2.09. The van der Waals surface area contributed by atoms with Crippen molar-refractivity contribution >= 4 is 50.6 Å². The fourth-order valence-corrected chi connectivity index (χ4v) is 2.69. The highest BCUT2D eigenvalue weighted by Gasteiger charge is 2.08. The van der Waals surface area contributed by atoms with Gasteiger partial charge in [0.15, 0.2) is 0 Å². The van der Waals surface area contributed by atoms with Crippen LogP contribution in [0.4, 0.5) is 16.2 Å². The molecule has 0 aliphatic carbocycles. The first kappa shape index (κ1) is 16.6. The van der Waals surface area contributed by atoms with Crippen LogP contribution < -0.4 is 15.8 Å². The van der Waals surface area contributed by atoms with E-state index in [-0.39, 0.29) is 4.90 Å².